The van der Waals surface area contributed by atoms with Crippen LogP contribution in [0.5, 0.6) is 0 Å². The lowest BCUT2D eigenvalue weighted by Gasteiger charge is -2.11. The van der Waals surface area contributed by atoms with Gasteiger partial charge < -0.3 is 10.1 Å². The van der Waals surface area contributed by atoms with E-state index in [2.05, 4.69) is 27.2 Å². The Hall–Kier alpha value is -1.24. The van der Waals surface area contributed by atoms with Gasteiger partial charge in [-0.15, -0.1) is 11.3 Å². The number of anilines is 1. The summed E-state index contributed by atoms with van der Waals surface area (Å²) in [6.45, 7) is 5.79. The van der Waals surface area contributed by atoms with Gasteiger partial charge in [-0.05, 0) is 6.92 Å². The van der Waals surface area contributed by atoms with Crippen LogP contribution in [0.2, 0.25) is 5.15 Å². The van der Waals surface area contributed by atoms with Crippen molar-refractivity contribution in [3.05, 3.63) is 33.6 Å². The Bertz CT molecular complexity index is 535. The molecular formula is C13H17ClN4OS. The maximum absolute atomic E-state index is 5.99. The summed E-state index contributed by atoms with van der Waals surface area (Å²) in [7, 11) is 0. The Balaban J connectivity index is 1.96. The molecule has 0 aromatic carbocycles. The van der Waals surface area contributed by atoms with Crippen LogP contribution in [-0.2, 0) is 11.3 Å². The Morgan fingerprint density at radius 3 is 3.00 bits per heavy atom. The van der Waals surface area contributed by atoms with Crippen LogP contribution in [0.15, 0.2) is 17.6 Å². The molecule has 0 amide bonds. The summed E-state index contributed by atoms with van der Waals surface area (Å²) in [6.07, 6.45) is 1.82. The van der Waals surface area contributed by atoms with Crippen molar-refractivity contribution in [1.29, 1.82) is 0 Å². The Morgan fingerprint density at radius 2 is 2.30 bits per heavy atom. The number of ether oxygens (including phenoxy) is 1. The second-order valence-electron chi connectivity index (χ2n) is 4.28. The van der Waals surface area contributed by atoms with Crippen LogP contribution in [-0.4, -0.2) is 28.1 Å². The Morgan fingerprint density at radius 1 is 1.45 bits per heavy atom. The molecule has 0 saturated heterocycles. The van der Waals surface area contributed by atoms with Crippen molar-refractivity contribution in [2.24, 2.45) is 0 Å². The third-order valence-corrected chi connectivity index (χ3v) is 3.84. The molecule has 2 aromatic rings. The molecule has 0 aliphatic heterocycles. The zero-order valence-electron chi connectivity index (χ0n) is 11.5. The van der Waals surface area contributed by atoms with Gasteiger partial charge in [0.1, 0.15) is 17.6 Å². The van der Waals surface area contributed by atoms with Gasteiger partial charge in [0.15, 0.2) is 5.82 Å². The number of hydrogen-bond acceptors (Lipinski definition) is 6. The van der Waals surface area contributed by atoms with Crippen LogP contribution >= 0.6 is 22.9 Å². The molecule has 5 nitrogen and oxygen atoms in total. The van der Waals surface area contributed by atoms with Crippen LogP contribution < -0.4 is 5.32 Å². The predicted octanol–water partition coefficient (Wildman–Crippen LogP) is 3.34. The maximum Gasteiger partial charge on any atom is 0.158 e. The SMILES string of the molecule is CCOCc1nc(Cl)cc(NCC(C)c2nccs2)n1. The van der Waals surface area contributed by atoms with Gasteiger partial charge in [-0.1, -0.05) is 18.5 Å². The van der Waals surface area contributed by atoms with Crippen molar-refractivity contribution in [2.75, 3.05) is 18.5 Å². The quantitative estimate of drug-likeness (QED) is 0.795. The van der Waals surface area contributed by atoms with E-state index in [1.807, 2.05) is 18.5 Å². The smallest absolute Gasteiger partial charge is 0.158 e. The predicted molar refractivity (Wildman–Crippen MR) is 81.4 cm³/mol. The minimum Gasteiger partial charge on any atom is -0.374 e. The van der Waals surface area contributed by atoms with E-state index in [0.29, 0.717) is 35.9 Å². The van der Waals surface area contributed by atoms with E-state index in [9.17, 15) is 0 Å². The van der Waals surface area contributed by atoms with Crippen molar-refractivity contribution in [2.45, 2.75) is 26.4 Å². The Kier molecular flexibility index (Phi) is 5.70. The molecule has 0 spiro atoms. The second-order valence-corrected chi connectivity index (χ2v) is 5.59. The molecule has 0 fully saturated rings. The first kappa shape index (κ1) is 15.2. The molecule has 2 aromatic heterocycles. The fraction of sp³-hybridized carbons (Fsp3) is 0.462. The van der Waals surface area contributed by atoms with Crippen LogP contribution in [0.1, 0.15) is 30.6 Å². The number of aromatic nitrogens is 3. The van der Waals surface area contributed by atoms with E-state index in [1.54, 1.807) is 17.4 Å². The van der Waals surface area contributed by atoms with Crippen LogP contribution in [0.4, 0.5) is 5.82 Å². The van der Waals surface area contributed by atoms with E-state index >= 15 is 0 Å². The van der Waals surface area contributed by atoms with Crippen molar-refractivity contribution >= 4 is 28.8 Å². The average molecular weight is 313 g/mol. The van der Waals surface area contributed by atoms with E-state index in [4.69, 9.17) is 16.3 Å². The molecule has 0 aliphatic carbocycles. The first-order valence-electron chi connectivity index (χ1n) is 6.43. The molecule has 0 aliphatic rings. The molecule has 1 unspecified atom stereocenters. The molecule has 0 bridgehead atoms. The van der Waals surface area contributed by atoms with Gasteiger partial charge in [0.25, 0.3) is 0 Å². The highest BCUT2D eigenvalue weighted by atomic mass is 35.5. The zero-order valence-corrected chi connectivity index (χ0v) is 13.0. The van der Waals surface area contributed by atoms with Gasteiger partial charge in [0, 0.05) is 36.7 Å². The van der Waals surface area contributed by atoms with Gasteiger partial charge in [0.2, 0.25) is 0 Å². The molecule has 0 radical (unpaired) electrons. The van der Waals surface area contributed by atoms with Crippen molar-refractivity contribution < 1.29 is 4.74 Å². The highest BCUT2D eigenvalue weighted by Gasteiger charge is 2.09. The molecule has 7 heteroatoms. The van der Waals surface area contributed by atoms with Crippen LogP contribution in [0.25, 0.3) is 0 Å². The van der Waals surface area contributed by atoms with Crippen LogP contribution in [0, 0.1) is 0 Å². The van der Waals surface area contributed by atoms with Crippen LogP contribution in [0.3, 0.4) is 0 Å². The number of halogens is 1. The topological polar surface area (TPSA) is 59.9 Å². The van der Waals surface area contributed by atoms with E-state index in [0.717, 1.165) is 11.6 Å². The highest BCUT2D eigenvalue weighted by molar-refractivity contribution is 7.09. The molecule has 20 heavy (non-hydrogen) atoms. The minimum absolute atomic E-state index is 0.319. The first-order chi connectivity index (χ1) is 9.69. The third kappa shape index (κ3) is 4.40. The van der Waals surface area contributed by atoms with Crippen molar-refractivity contribution in [1.82, 2.24) is 15.0 Å². The van der Waals surface area contributed by atoms with E-state index in [-0.39, 0.29) is 0 Å². The number of rotatable bonds is 7. The van der Waals surface area contributed by atoms with Gasteiger partial charge in [-0.25, -0.2) is 15.0 Å². The highest BCUT2D eigenvalue weighted by Crippen LogP contribution is 2.19. The summed E-state index contributed by atoms with van der Waals surface area (Å²) >= 11 is 7.64. The summed E-state index contributed by atoms with van der Waals surface area (Å²) in [4.78, 5) is 12.8. The summed E-state index contributed by atoms with van der Waals surface area (Å²) in [5, 5.41) is 6.77. The maximum atomic E-state index is 5.99. The monoisotopic (exact) mass is 312 g/mol. The van der Waals surface area contributed by atoms with E-state index < -0.39 is 0 Å². The summed E-state index contributed by atoms with van der Waals surface area (Å²) in [5.41, 5.74) is 0. The largest absolute Gasteiger partial charge is 0.374 e. The zero-order chi connectivity index (χ0) is 14.4. The van der Waals surface area contributed by atoms with Crippen molar-refractivity contribution in [3.63, 3.8) is 0 Å². The minimum atomic E-state index is 0.319. The lowest BCUT2D eigenvalue weighted by atomic mass is 10.2. The molecule has 0 saturated carbocycles. The van der Waals surface area contributed by atoms with Gasteiger partial charge in [0.05, 0.1) is 5.01 Å². The third-order valence-electron chi connectivity index (χ3n) is 2.64. The second kappa shape index (κ2) is 7.52. The summed E-state index contributed by atoms with van der Waals surface area (Å²) < 4.78 is 5.29. The summed E-state index contributed by atoms with van der Waals surface area (Å²) in [5.74, 6) is 1.62. The number of thiazole rings is 1. The number of hydrogen-bond donors (Lipinski definition) is 1. The molecule has 2 rings (SSSR count). The van der Waals surface area contributed by atoms with Gasteiger partial charge in [-0.2, -0.15) is 0 Å². The van der Waals surface area contributed by atoms with Crippen molar-refractivity contribution in [3.8, 4) is 0 Å². The number of nitrogens with one attached hydrogen (secondary N) is 1. The molecule has 108 valence electrons. The van der Waals surface area contributed by atoms with Gasteiger partial charge >= 0.3 is 0 Å². The molecular weight excluding hydrogens is 296 g/mol. The first-order valence-corrected chi connectivity index (χ1v) is 7.69. The lowest BCUT2D eigenvalue weighted by molar-refractivity contribution is 0.128. The van der Waals surface area contributed by atoms with E-state index in [1.165, 1.54) is 0 Å². The Labute approximate surface area is 127 Å². The fourth-order valence-electron chi connectivity index (χ4n) is 1.64. The summed E-state index contributed by atoms with van der Waals surface area (Å²) in [6, 6.07) is 1.71. The lowest BCUT2D eigenvalue weighted by Crippen LogP contribution is -2.12. The fourth-order valence-corrected chi connectivity index (χ4v) is 2.54. The number of nitrogens with zero attached hydrogens (tertiary/aromatic N) is 3. The normalized spacial score (nSPS) is 12.3. The standard InChI is InChI=1S/C13H17ClN4OS/c1-3-19-8-12-17-10(14)6-11(18-12)16-7-9(2)13-15-4-5-20-13/h4-6,9H,3,7-8H2,1-2H3,(H,16,17,18). The molecule has 2 heterocycles. The molecule has 1 N–H and O–H groups in total. The van der Waals surface area contributed by atoms with Gasteiger partial charge in [-0.3, -0.25) is 0 Å². The molecule has 1 atom stereocenters. The average Bonchev–Trinajstić information content (AvgIpc) is 2.96.